The van der Waals surface area contributed by atoms with Crippen LogP contribution < -0.4 is 15.4 Å². The van der Waals surface area contributed by atoms with Crippen LogP contribution in [-0.4, -0.2) is 57.1 Å². The van der Waals surface area contributed by atoms with E-state index in [1.54, 1.807) is 14.2 Å². The predicted molar refractivity (Wildman–Crippen MR) is 110 cm³/mol. The van der Waals surface area contributed by atoms with E-state index in [1.807, 2.05) is 18.2 Å². The molecule has 1 fully saturated rings. The lowest BCUT2D eigenvalue weighted by molar-refractivity contribution is -0.121. The normalized spacial score (nSPS) is 16.7. The van der Waals surface area contributed by atoms with Crippen LogP contribution in [0.5, 0.6) is 5.75 Å². The van der Waals surface area contributed by atoms with E-state index in [2.05, 4.69) is 35.4 Å². The lowest BCUT2D eigenvalue weighted by atomic mass is 9.93. The second-order valence-corrected chi connectivity index (χ2v) is 7.15. The Morgan fingerprint density at radius 3 is 2.67 bits per heavy atom. The van der Waals surface area contributed by atoms with Crippen molar-refractivity contribution in [3.63, 3.8) is 0 Å². The highest BCUT2D eigenvalue weighted by molar-refractivity contribution is 5.80. The van der Waals surface area contributed by atoms with Gasteiger partial charge in [0.25, 0.3) is 0 Å². The van der Waals surface area contributed by atoms with Gasteiger partial charge >= 0.3 is 0 Å². The van der Waals surface area contributed by atoms with Crippen molar-refractivity contribution in [3.05, 3.63) is 29.8 Å². The van der Waals surface area contributed by atoms with E-state index in [9.17, 15) is 4.79 Å². The molecule has 0 aromatic heterocycles. The van der Waals surface area contributed by atoms with Crippen molar-refractivity contribution >= 4 is 11.9 Å². The molecule has 27 heavy (non-hydrogen) atoms. The number of hydrogen-bond acceptors (Lipinski definition) is 3. The third-order valence-electron chi connectivity index (χ3n) is 5.19. The van der Waals surface area contributed by atoms with Gasteiger partial charge in [-0.15, -0.1) is 0 Å². The maximum absolute atomic E-state index is 11.6. The Kier molecular flexibility index (Phi) is 8.43. The quantitative estimate of drug-likeness (QED) is 0.569. The van der Waals surface area contributed by atoms with Gasteiger partial charge in [0.15, 0.2) is 5.96 Å². The minimum atomic E-state index is 0.139. The molecule has 0 saturated carbocycles. The lowest BCUT2D eigenvalue weighted by Crippen LogP contribution is -2.46. The summed E-state index contributed by atoms with van der Waals surface area (Å²) < 4.78 is 5.48. The Bertz CT molecular complexity index is 624. The molecule has 1 amide bonds. The molecule has 1 aromatic carbocycles. The fourth-order valence-corrected chi connectivity index (χ4v) is 3.53. The molecule has 0 radical (unpaired) electrons. The molecule has 2 N–H and O–H groups in total. The fraction of sp³-hybridized carbons (Fsp3) is 0.619. The number of piperidine rings is 1. The number of benzene rings is 1. The third-order valence-corrected chi connectivity index (χ3v) is 5.19. The van der Waals surface area contributed by atoms with Crippen LogP contribution in [0.25, 0.3) is 0 Å². The Balaban J connectivity index is 1.97. The number of carbonyl (C=O) groups is 1. The lowest BCUT2D eigenvalue weighted by Gasteiger charge is -2.34. The second-order valence-electron chi connectivity index (χ2n) is 7.15. The molecule has 1 atom stereocenters. The van der Waals surface area contributed by atoms with Crippen LogP contribution in [-0.2, 0) is 4.79 Å². The van der Waals surface area contributed by atoms with E-state index in [1.165, 1.54) is 5.56 Å². The first-order valence-corrected chi connectivity index (χ1v) is 9.95. The first-order chi connectivity index (χ1) is 13.1. The summed E-state index contributed by atoms with van der Waals surface area (Å²) in [5, 5.41) is 6.15. The van der Waals surface area contributed by atoms with Crippen LogP contribution in [0, 0.1) is 5.92 Å². The number of likely N-dealkylation sites (tertiary alicyclic amines) is 1. The Morgan fingerprint density at radius 1 is 1.33 bits per heavy atom. The van der Waals surface area contributed by atoms with Gasteiger partial charge in [-0.1, -0.05) is 25.1 Å². The van der Waals surface area contributed by atoms with E-state index < -0.39 is 0 Å². The average molecular weight is 375 g/mol. The summed E-state index contributed by atoms with van der Waals surface area (Å²) >= 11 is 0. The number of nitrogens with one attached hydrogen (secondary N) is 2. The topological polar surface area (TPSA) is 66.0 Å². The minimum absolute atomic E-state index is 0.139. The number of nitrogens with zero attached hydrogens (tertiary/aromatic N) is 2. The number of carbonyl (C=O) groups excluding carboxylic acids is 1. The van der Waals surface area contributed by atoms with Crippen molar-refractivity contribution in [3.8, 4) is 5.75 Å². The average Bonchev–Trinajstić information content (AvgIpc) is 2.71. The van der Waals surface area contributed by atoms with E-state index >= 15 is 0 Å². The smallest absolute Gasteiger partial charge is 0.220 e. The van der Waals surface area contributed by atoms with Crippen LogP contribution in [0.3, 0.4) is 0 Å². The van der Waals surface area contributed by atoms with Gasteiger partial charge in [-0.25, -0.2) is 0 Å². The molecule has 0 spiro atoms. The summed E-state index contributed by atoms with van der Waals surface area (Å²) in [6.07, 6.45) is 2.68. The van der Waals surface area contributed by atoms with Crippen molar-refractivity contribution in [1.29, 1.82) is 0 Å². The Hall–Kier alpha value is -2.24. The number of guanidine groups is 1. The number of ether oxygens (including phenoxy) is 1. The fourth-order valence-electron chi connectivity index (χ4n) is 3.53. The molecule has 1 aromatic rings. The van der Waals surface area contributed by atoms with Crippen LogP contribution in [0.15, 0.2) is 29.3 Å². The molecule has 1 saturated heterocycles. The zero-order chi connectivity index (χ0) is 19.6. The van der Waals surface area contributed by atoms with Crippen molar-refractivity contribution in [2.75, 3.05) is 40.3 Å². The predicted octanol–water partition coefficient (Wildman–Crippen LogP) is 2.61. The number of hydrogen-bond donors (Lipinski definition) is 2. The zero-order valence-electron chi connectivity index (χ0n) is 17.1. The van der Waals surface area contributed by atoms with Crippen molar-refractivity contribution in [2.24, 2.45) is 10.9 Å². The number of methoxy groups -OCH3 is 1. The standard InChI is InChI=1S/C21H34N4O2/c1-5-23-21(25-12-10-17(11-13-25)14-20(26)22-3)24-15-16(2)18-8-6-7-9-19(18)27-4/h6-9,16-17H,5,10-15H2,1-4H3,(H,22,26)(H,23,24). The molecule has 0 bridgehead atoms. The van der Waals surface area contributed by atoms with Gasteiger partial charge in [0.1, 0.15) is 5.75 Å². The molecule has 1 aliphatic heterocycles. The molecule has 0 aliphatic carbocycles. The van der Waals surface area contributed by atoms with Crippen molar-refractivity contribution < 1.29 is 9.53 Å². The summed E-state index contributed by atoms with van der Waals surface area (Å²) in [5.41, 5.74) is 1.18. The van der Waals surface area contributed by atoms with Gasteiger partial charge in [-0.3, -0.25) is 9.79 Å². The molecule has 6 heteroatoms. The highest BCUT2D eigenvalue weighted by atomic mass is 16.5. The van der Waals surface area contributed by atoms with Gasteiger partial charge in [0.05, 0.1) is 7.11 Å². The van der Waals surface area contributed by atoms with Crippen molar-refractivity contribution in [2.45, 2.75) is 39.0 Å². The zero-order valence-corrected chi connectivity index (χ0v) is 17.1. The summed E-state index contributed by atoms with van der Waals surface area (Å²) in [6, 6.07) is 8.14. The number of para-hydroxylation sites is 1. The largest absolute Gasteiger partial charge is 0.496 e. The first-order valence-electron chi connectivity index (χ1n) is 9.95. The van der Waals surface area contributed by atoms with Crippen LogP contribution in [0.2, 0.25) is 0 Å². The first kappa shape index (κ1) is 21.1. The van der Waals surface area contributed by atoms with Gasteiger partial charge in [0.2, 0.25) is 5.91 Å². The molecule has 6 nitrogen and oxygen atoms in total. The Labute approximate surface area is 163 Å². The summed E-state index contributed by atoms with van der Waals surface area (Å²) in [7, 11) is 3.41. The maximum Gasteiger partial charge on any atom is 0.220 e. The highest BCUT2D eigenvalue weighted by Gasteiger charge is 2.23. The molecule has 1 heterocycles. The summed E-state index contributed by atoms with van der Waals surface area (Å²) in [5.74, 6) is 2.77. The van der Waals surface area contributed by atoms with Crippen LogP contribution in [0.1, 0.15) is 44.6 Å². The summed E-state index contributed by atoms with van der Waals surface area (Å²) in [6.45, 7) is 7.71. The van der Waals surface area contributed by atoms with E-state index in [-0.39, 0.29) is 11.8 Å². The van der Waals surface area contributed by atoms with Gasteiger partial charge < -0.3 is 20.3 Å². The van der Waals surface area contributed by atoms with Gasteiger partial charge in [0, 0.05) is 45.6 Å². The minimum Gasteiger partial charge on any atom is -0.496 e. The molecule has 150 valence electrons. The van der Waals surface area contributed by atoms with Crippen LogP contribution in [0.4, 0.5) is 0 Å². The monoisotopic (exact) mass is 374 g/mol. The third kappa shape index (κ3) is 6.15. The number of aliphatic imine (C=N–C) groups is 1. The van der Waals surface area contributed by atoms with Crippen molar-refractivity contribution in [1.82, 2.24) is 15.5 Å². The highest BCUT2D eigenvalue weighted by Crippen LogP contribution is 2.26. The van der Waals surface area contributed by atoms with Gasteiger partial charge in [-0.05, 0) is 37.3 Å². The molecular weight excluding hydrogens is 340 g/mol. The van der Waals surface area contributed by atoms with Crippen LogP contribution >= 0.6 is 0 Å². The van der Waals surface area contributed by atoms with Gasteiger partial charge in [-0.2, -0.15) is 0 Å². The molecular formula is C21H34N4O2. The summed E-state index contributed by atoms with van der Waals surface area (Å²) in [4.78, 5) is 18.8. The SMILES string of the molecule is CCNC(=NCC(C)c1ccccc1OC)N1CCC(CC(=O)NC)CC1. The second kappa shape index (κ2) is 10.8. The van der Waals surface area contributed by atoms with E-state index in [4.69, 9.17) is 9.73 Å². The Morgan fingerprint density at radius 2 is 2.04 bits per heavy atom. The van der Waals surface area contributed by atoms with E-state index in [0.717, 1.165) is 44.2 Å². The molecule has 2 rings (SSSR count). The maximum atomic E-state index is 11.6. The van der Waals surface area contributed by atoms with E-state index in [0.29, 0.717) is 18.9 Å². The number of rotatable bonds is 7. The number of amides is 1. The molecule has 1 aliphatic rings. The molecule has 1 unspecified atom stereocenters.